The van der Waals surface area contributed by atoms with Gasteiger partial charge in [-0.15, -0.1) is 0 Å². The molecule has 2 aromatic carbocycles. The highest BCUT2D eigenvalue weighted by atomic mass is 35.5. The summed E-state index contributed by atoms with van der Waals surface area (Å²) in [4.78, 5) is 34.5. The lowest BCUT2D eigenvalue weighted by Gasteiger charge is -2.31. The van der Waals surface area contributed by atoms with Gasteiger partial charge >= 0.3 is 5.97 Å². The number of amides is 1. The van der Waals surface area contributed by atoms with Crippen LogP contribution < -0.4 is 20.7 Å². The molecule has 4 N–H and O–H groups in total. The van der Waals surface area contributed by atoms with Gasteiger partial charge in [0.15, 0.2) is 29.6 Å². The smallest absolute Gasteiger partial charge is 0.322 e. The number of aromatic nitrogens is 3. The molecule has 1 saturated heterocycles. The lowest BCUT2D eigenvalue weighted by molar-refractivity contribution is -0.140. The van der Waals surface area contributed by atoms with Crippen LogP contribution in [0.2, 0.25) is 5.02 Å². The molecule has 1 unspecified atom stereocenters. The Bertz CT molecular complexity index is 1780. The fourth-order valence-corrected chi connectivity index (χ4v) is 5.14. The highest BCUT2D eigenvalue weighted by Gasteiger charge is 2.24. The van der Waals surface area contributed by atoms with E-state index in [4.69, 9.17) is 31.4 Å². The van der Waals surface area contributed by atoms with Crippen LogP contribution in [0.4, 0.5) is 20.3 Å². The van der Waals surface area contributed by atoms with Crippen molar-refractivity contribution in [1.82, 2.24) is 29.9 Å². The van der Waals surface area contributed by atoms with E-state index in [1.165, 1.54) is 28.9 Å². The van der Waals surface area contributed by atoms with E-state index in [1.54, 1.807) is 30.5 Å². The number of aliphatic carboxylic acids is 1. The number of imidazole rings is 1. The third kappa shape index (κ3) is 7.49. The minimum Gasteiger partial charge on any atom is -0.480 e. The van der Waals surface area contributed by atoms with Crippen LogP contribution in [0.3, 0.4) is 0 Å². The molecule has 3 heterocycles. The van der Waals surface area contributed by atoms with E-state index in [1.807, 2.05) is 4.90 Å². The minimum absolute atomic E-state index is 0.0660. The highest BCUT2D eigenvalue weighted by Crippen LogP contribution is 2.32. The molecule has 0 radical (unpaired) electrons. The van der Waals surface area contributed by atoms with Gasteiger partial charge in [-0.1, -0.05) is 11.6 Å². The minimum atomic E-state index is -1.22. The molecule has 0 saturated carbocycles. The van der Waals surface area contributed by atoms with Crippen molar-refractivity contribution in [2.75, 3.05) is 57.9 Å². The summed E-state index contributed by atoms with van der Waals surface area (Å²) < 4.78 is 41.5. The van der Waals surface area contributed by atoms with Crippen molar-refractivity contribution in [2.24, 2.45) is 0 Å². The number of rotatable bonds is 13. The van der Waals surface area contributed by atoms with Crippen molar-refractivity contribution in [1.29, 1.82) is 5.26 Å². The summed E-state index contributed by atoms with van der Waals surface area (Å²) >= 11 is 6.42. The number of carboxylic acids is 1. The molecule has 1 atom stereocenters. The van der Waals surface area contributed by atoms with E-state index in [0.29, 0.717) is 43.4 Å². The number of carbonyl (C=O) groups is 2. The third-order valence-electron chi connectivity index (χ3n) is 7.16. The van der Waals surface area contributed by atoms with Crippen LogP contribution in [-0.2, 0) is 9.53 Å². The Morgan fingerprint density at radius 1 is 1.20 bits per heavy atom. The topological polar surface area (TPSA) is 166 Å². The Morgan fingerprint density at radius 3 is 2.83 bits per heavy atom. The number of hydrogen-bond acceptors (Lipinski definition) is 10. The molecule has 2 aromatic heterocycles. The number of halogens is 3. The summed E-state index contributed by atoms with van der Waals surface area (Å²) in [7, 11) is 0. The van der Waals surface area contributed by atoms with Crippen LogP contribution in [0.15, 0.2) is 48.9 Å². The van der Waals surface area contributed by atoms with Crippen LogP contribution in [-0.4, -0.2) is 94.8 Å². The first kappa shape index (κ1) is 32.5. The summed E-state index contributed by atoms with van der Waals surface area (Å²) in [6.45, 7) is 2.83. The van der Waals surface area contributed by atoms with Gasteiger partial charge in [0.25, 0.3) is 5.91 Å². The number of benzene rings is 2. The number of nitrogens with one attached hydrogen (secondary N) is 3. The molecule has 0 spiro atoms. The van der Waals surface area contributed by atoms with Gasteiger partial charge in [-0.3, -0.25) is 18.9 Å². The second kappa shape index (κ2) is 14.9. The number of nitrogens with zero attached hydrogens (tertiary/aromatic N) is 5. The van der Waals surface area contributed by atoms with Gasteiger partial charge in [0, 0.05) is 56.4 Å². The zero-order chi connectivity index (χ0) is 32.6. The van der Waals surface area contributed by atoms with Crippen LogP contribution >= 0.6 is 11.6 Å². The van der Waals surface area contributed by atoms with Crippen molar-refractivity contribution in [2.45, 2.75) is 6.04 Å². The third-order valence-corrected chi connectivity index (χ3v) is 7.47. The lowest BCUT2D eigenvalue weighted by Crippen LogP contribution is -2.54. The van der Waals surface area contributed by atoms with E-state index in [0.717, 1.165) is 6.54 Å². The fraction of sp³-hybridized carbons (Fsp3) is 0.300. The second-order valence-electron chi connectivity index (χ2n) is 10.1. The zero-order valence-corrected chi connectivity index (χ0v) is 25.1. The fourth-order valence-electron chi connectivity index (χ4n) is 4.88. The summed E-state index contributed by atoms with van der Waals surface area (Å²) in [6, 6.07) is 8.43. The molecule has 1 aliphatic heterocycles. The summed E-state index contributed by atoms with van der Waals surface area (Å²) in [5, 5.41) is 26.8. The van der Waals surface area contributed by atoms with Crippen molar-refractivity contribution >= 4 is 40.6 Å². The molecular weight excluding hydrogens is 626 g/mol. The molecule has 16 heteroatoms. The number of ether oxygens (including phenoxy) is 2. The average molecular weight is 655 g/mol. The Morgan fingerprint density at radius 2 is 2.04 bits per heavy atom. The van der Waals surface area contributed by atoms with Crippen LogP contribution in [0.5, 0.6) is 5.75 Å². The van der Waals surface area contributed by atoms with Gasteiger partial charge in [-0.2, -0.15) is 9.65 Å². The quantitative estimate of drug-likeness (QED) is 0.157. The monoisotopic (exact) mass is 654 g/mol. The molecule has 0 aliphatic carbocycles. The Hall–Kier alpha value is -4.88. The Balaban J connectivity index is 1.16. The van der Waals surface area contributed by atoms with Gasteiger partial charge in [-0.25, -0.2) is 14.4 Å². The van der Waals surface area contributed by atoms with Crippen molar-refractivity contribution in [3.63, 3.8) is 0 Å². The van der Waals surface area contributed by atoms with Gasteiger partial charge in [0.05, 0.1) is 35.7 Å². The van der Waals surface area contributed by atoms with E-state index < -0.39 is 30.3 Å². The molecule has 4 aromatic rings. The molecule has 1 fully saturated rings. The van der Waals surface area contributed by atoms with E-state index in [2.05, 4.69) is 25.9 Å². The van der Waals surface area contributed by atoms with Crippen molar-refractivity contribution < 1.29 is 33.0 Å². The van der Waals surface area contributed by atoms with Crippen LogP contribution in [0.25, 0.3) is 16.9 Å². The second-order valence-corrected chi connectivity index (χ2v) is 10.5. The van der Waals surface area contributed by atoms with Gasteiger partial charge < -0.3 is 30.5 Å². The van der Waals surface area contributed by atoms with E-state index in [-0.39, 0.29) is 46.7 Å². The summed E-state index contributed by atoms with van der Waals surface area (Å²) in [5.74, 6) is -3.71. The molecule has 1 aliphatic rings. The van der Waals surface area contributed by atoms with E-state index >= 15 is 0 Å². The molecular formula is C30H29ClF2N8O5. The largest absolute Gasteiger partial charge is 0.480 e. The zero-order valence-electron chi connectivity index (χ0n) is 24.3. The average Bonchev–Trinajstić information content (AvgIpc) is 3.48. The first-order chi connectivity index (χ1) is 22.3. The van der Waals surface area contributed by atoms with Crippen molar-refractivity contribution in [3.05, 3.63) is 71.1 Å². The number of carboxylic acid groups (broad SMARTS) is 1. The number of hydrogen-bond donors (Lipinski definition) is 4. The highest BCUT2D eigenvalue weighted by molar-refractivity contribution is 6.34. The Labute approximate surface area is 266 Å². The normalized spacial score (nSPS) is 15.0. The molecule has 5 rings (SSSR count). The van der Waals surface area contributed by atoms with Crippen LogP contribution in [0, 0.1) is 23.0 Å². The first-order valence-electron chi connectivity index (χ1n) is 14.2. The number of anilines is 2. The molecule has 13 nitrogen and oxygen atoms in total. The molecule has 240 valence electrons. The number of piperazine rings is 1. The Kier molecular flexibility index (Phi) is 10.6. The molecule has 46 heavy (non-hydrogen) atoms. The van der Waals surface area contributed by atoms with Gasteiger partial charge in [0.1, 0.15) is 12.1 Å². The summed E-state index contributed by atoms with van der Waals surface area (Å²) in [5.41, 5.74) is 1.27. The number of fused-ring (bicyclic) bond motifs is 1. The maximum Gasteiger partial charge on any atom is 0.322 e. The van der Waals surface area contributed by atoms with E-state index in [9.17, 15) is 18.4 Å². The molecule has 0 bridgehead atoms. The maximum absolute atomic E-state index is 14.9. The lowest BCUT2D eigenvalue weighted by atomic mass is 10.1. The maximum atomic E-state index is 14.9. The first-order valence-corrected chi connectivity index (χ1v) is 14.6. The predicted molar refractivity (Wildman–Crippen MR) is 163 cm³/mol. The summed E-state index contributed by atoms with van der Waals surface area (Å²) in [6.07, 6.45) is 4.38. The SMILES string of the molecule is N#CCOc1ccc(-c2cnc3c(Nc4ccc(C(=O)NCCOCCN5CCNC(C(=O)O)C5)c(Cl)c4)nccn23)c(F)c1F. The number of carbonyl (C=O) groups excluding carboxylic acids is 1. The number of nitriles is 1. The molecule has 1 amide bonds. The predicted octanol–water partition coefficient (Wildman–Crippen LogP) is 3.08. The van der Waals surface area contributed by atoms with Gasteiger partial charge in [-0.05, 0) is 30.3 Å². The van der Waals surface area contributed by atoms with Crippen LogP contribution in [0.1, 0.15) is 10.4 Å². The van der Waals surface area contributed by atoms with Crippen molar-refractivity contribution in [3.8, 4) is 23.1 Å². The van der Waals surface area contributed by atoms with Gasteiger partial charge in [0.2, 0.25) is 5.82 Å². The standard InChI is InChI=1S/C30H29ClF2N8O5/c31-21-15-18(1-2-19(21)29(42)37-8-13-45-14-11-40-9-6-35-22(17-40)30(43)44)39-27-28-38-16-23(41(28)10-7-36-27)20-3-4-24(46-12-5-34)26(33)25(20)32/h1-4,7,10,15-16,22,35H,6,8-9,11-14,17H2,(H,36,39)(H,37,42)(H,43,44).